The molecular formula is C13H20O3S2. The van der Waals surface area contributed by atoms with Gasteiger partial charge in [0.05, 0.1) is 10.9 Å². The summed E-state index contributed by atoms with van der Waals surface area (Å²) in [5, 5.41) is 12.4. The largest absolute Gasteiger partial charge is 0.384 e. The predicted octanol–water partition coefficient (Wildman–Crippen LogP) is 2.56. The number of aliphatic hydroxyl groups is 1. The minimum Gasteiger partial charge on any atom is -0.384 e. The van der Waals surface area contributed by atoms with E-state index in [0.717, 1.165) is 24.1 Å². The van der Waals surface area contributed by atoms with Crippen molar-refractivity contribution in [2.75, 3.05) is 6.26 Å². The molecule has 0 saturated heterocycles. The Labute approximate surface area is 113 Å². The van der Waals surface area contributed by atoms with Crippen LogP contribution in [0.3, 0.4) is 0 Å². The maximum atomic E-state index is 11.7. The van der Waals surface area contributed by atoms with Crippen LogP contribution in [0.4, 0.5) is 0 Å². The van der Waals surface area contributed by atoms with Gasteiger partial charge in [0.1, 0.15) is 9.84 Å². The Hall–Kier alpha value is -0.390. The van der Waals surface area contributed by atoms with Gasteiger partial charge in [-0.1, -0.05) is 12.5 Å². The summed E-state index contributed by atoms with van der Waals surface area (Å²) < 4.78 is 23.3. The maximum Gasteiger partial charge on any atom is 0.150 e. The molecule has 1 aromatic heterocycles. The molecule has 1 saturated carbocycles. The van der Waals surface area contributed by atoms with Gasteiger partial charge in [-0.25, -0.2) is 8.42 Å². The number of hydrogen-bond donors (Lipinski definition) is 1. The van der Waals surface area contributed by atoms with Crippen molar-refractivity contribution in [1.82, 2.24) is 0 Å². The molecule has 0 aromatic carbocycles. The van der Waals surface area contributed by atoms with Gasteiger partial charge in [-0.05, 0) is 43.6 Å². The van der Waals surface area contributed by atoms with E-state index < -0.39 is 15.4 Å². The third-order valence-electron chi connectivity index (χ3n) is 4.05. The fraction of sp³-hybridized carbons (Fsp3) is 0.692. The van der Waals surface area contributed by atoms with Crippen LogP contribution in [0.15, 0.2) is 17.5 Å². The minimum absolute atomic E-state index is 0.0321. The molecule has 3 nitrogen and oxygen atoms in total. The lowest BCUT2D eigenvalue weighted by atomic mass is 9.77. The zero-order chi connectivity index (χ0) is 13.4. The van der Waals surface area contributed by atoms with Crippen LogP contribution in [0.5, 0.6) is 0 Å². The molecule has 18 heavy (non-hydrogen) atoms. The molecule has 1 heterocycles. The highest BCUT2D eigenvalue weighted by Crippen LogP contribution is 2.42. The second kappa shape index (κ2) is 4.94. The normalized spacial score (nSPS) is 28.8. The number of thiophene rings is 1. The van der Waals surface area contributed by atoms with E-state index in [-0.39, 0.29) is 11.2 Å². The highest BCUT2D eigenvalue weighted by Gasteiger charge is 2.40. The molecule has 1 aromatic rings. The molecule has 102 valence electrons. The van der Waals surface area contributed by atoms with Crippen molar-refractivity contribution in [3.63, 3.8) is 0 Å². The number of rotatable bonds is 3. The van der Waals surface area contributed by atoms with E-state index in [1.807, 2.05) is 24.4 Å². The van der Waals surface area contributed by atoms with Crippen molar-refractivity contribution >= 4 is 21.2 Å². The predicted molar refractivity (Wildman–Crippen MR) is 74.5 cm³/mol. The summed E-state index contributed by atoms with van der Waals surface area (Å²) in [6.07, 6.45) is 4.39. The first kappa shape index (κ1) is 14.0. The van der Waals surface area contributed by atoms with E-state index in [0.29, 0.717) is 6.42 Å². The first-order valence-corrected chi connectivity index (χ1v) is 9.10. The van der Waals surface area contributed by atoms with E-state index in [2.05, 4.69) is 0 Å². The Morgan fingerprint density at radius 2 is 2.17 bits per heavy atom. The van der Waals surface area contributed by atoms with Crippen LogP contribution in [0, 0.1) is 5.92 Å². The van der Waals surface area contributed by atoms with Crippen LogP contribution < -0.4 is 0 Å². The monoisotopic (exact) mass is 288 g/mol. The number of sulfone groups is 1. The van der Waals surface area contributed by atoms with Gasteiger partial charge in [-0.15, -0.1) is 11.3 Å². The Kier molecular flexibility index (Phi) is 3.85. The summed E-state index contributed by atoms with van der Waals surface area (Å²) in [6.45, 7) is 1.81. The van der Waals surface area contributed by atoms with Crippen molar-refractivity contribution in [2.45, 2.75) is 43.5 Å². The molecule has 5 heteroatoms. The minimum atomic E-state index is -3.00. The molecule has 3 unspecified atom stereocenters. The average Bonchev–Trinajstić information content (AvgIpc) is 2.82. The summed E-state index contributed by atoms with van der Waals surface area (Å²) in [5.74, 6) is 0.0321. The summed E-state index contributed by atoms with van der Waals surface area (Å²) in [5.41, 5.74) is -0.905. The van der Waals surface area contributed by atoms with Gasteiger partial charge in [0.25, 0.3) is 0 Å². The second-order valence-corrected chi connectivity index (χ2v) is 8.71. The van der Waals surface area contributed by atoms with Gasteiger partial charge >= 0.3 is 0 Å². The molecule has 0 aliphatic heterocycles. The van der Waals surface area contributed by atoms with E-state index in [1.54, 1.807) is 0 Å². The molecule has 0 radical (unpaired) electrons. The molecule has 2 rings (SSSR count). The summed E-state index contributed by atoms with van der Waals surface area (Å²) in [7, 11) is -3.00. The first-order chi connectivity index (χ1) is 8.32. The van der Waals surface area contributed by atoms with Gasteiger partial charge in [0.15, 0.2) is 0 Å². The zero-order valence-electron chi connectivity index (χ0n) is 10.8. The quantitative estimate of drug-likeness (QED) is 0.930. The first-order valence-electron chi connectivity index (χ1n) is 6.27. The van der Waals surface area contributed by atoms with Crippen molar-refractivity contribution in [2.24, 2.45) is 5.92 Å². The average molecular weight is 288 g/mol. The molecular weight excluding hydrogens is 268 g/mol. The van der Waals surface area contributed by atoms with Crippen molar-refractivity contribution < 1.29 is 13.5 Å². The molecule has 0 amide bonds. The molecule has 1 N–H and O–H groups in total. The van der Waals surface area contributed by atoms with Gasteiger partial charge in [-0.2, -0.15) is 0 Å². The summed E-state index contributed by atoms with van der Waals surface area (Å²) in [4.78, 5) is 0.932. The molecule has 1 aliphatic carbocycles. The Bertz CT molecular complexity index is 488. The lowest BCUT2D eigenvalue weighted by Crippen LogP contribution is -2.38. The fourth-order valence-electron chi connectivity index (χ4n) is 2.81. The van der Waals surface area contributed by atoms with Crippen molar-refractivity contribution in [1.29, 1.82) is 0 Å². The molecule has 1 aliphatic rings. The van der Waals surface area contributed by atoms with Gasteiger partial charge < -0.3 is 5.11 Å². The molecule has 3 atom stereocenters. The van der Waals surface area contributed by atoms with Crippen LogP contribution in [0.2, 0.25) is 0 Å². The standard InChI is InChI=1S/C13H20O3S2/c1-13(14,12-7-4-8-17-12)10-5-3-6-11(9-10)18(2,15)16/h4,7-8,10-11,14H,3,5-6,9H2,1-2H3. The maximum absolute atomic E-state index is 11.7. The van der Waals surface area contributed by atoms with E-state index in [4.69, 9.17) is 0 Å². The molecule has 0 spiro atoms. The third-order valence-corrected chi connectivity index (χ3v) is 6.78. The van der Waals surface area contributed by atoms with Crippen molar-refractivity contribution in [3.8, 4) is 0 Å². The van der Waals surface area contributed by atoms with Crippen molar-refractivity contribution in [3.05, 3.63) is 22.4 Å². The smallest absolute Gasteiger partial charge is 0.150 e. The van der Waals surface area contributed by atoms with Crippen LogP contribution in [0.1, 0.15) is 37.5 Å². The Morgan fingerprint density at radius 3 is 2.72 bits per heavy atom. The lowest BCUT2D eigenvalue weighted by molar-refractivity contribution is -0.0176. The van der Waals surface area contributed by atoms with E-state index in [1.165, 1.54) is 17.6 Å². The summed E-state index contributed by atoms with van der Waals surface area (Å²) in [6, 6.07) is 3.85. The highest BCUT2D eigenvalue weighted by molar-refractivity contribution is 7.91. The van der Waals surface area contributed by atoms with Crippen LogP contribution >= 0.6 is 11.3 Å². The van der Waals surface area contributed by atoms with Gasteiger partial charge in [-0.3, -0.25) is 0 Å². The van der Waals surface area contributed by atoms with E-state index >= 15 is 0 Å². The van der Waals surface area contributed by atoms with Crippen LogP contribution in [-0.4, -0.2) is 25.0 Å². The third kappa shape index (κ3) is 2.78. The topological polar surface area (TPSA) is 54.4 Å². The highest BCUT2D eigenvalue weighted by atomic mass is 32.2. The zero-order valence-corrected chi connectivity index (χ0v) is 12.4. The SMILES string of the molecule is CC(O)(c1cccs1)C1CCCC(S(C)(=O)=O)C1. The second-order valence-electron chi connectivity index (χ2n) is 5.44. The molecule has 0 bridgehead atoms. The number of hydrogen-bond acceptors (Lipinski definition) is 4. The fourth-order valence-corrected chi connectivity index (χ4v) is 4.85. The Morgan fingerprint density at radius 1 is 1.44 bits per heavy atom. The Balaban J connectivity index is 2.19. The van der Waals surface area contributed by atoms with Crippen LogP contribution in [-0.2, 0) is 15.4 Å². The summed E-state index contributed by atoms with van der Waals surface area (Å²) >= 11 is 1.53. The van der Waals surface area contributed by atoms with Crippen LogP contribution in [0.25, 0.3) is 0 Å². The van der Waals surface area contributed by atoms with Gasteiger partial charge in [0.2, 0.25) is 0 Å². The van der Waals surface area contributed by atoms with Gasteiger partial charge in [0, 0.05) is 11.1 Å². The molecule has 1 fully saturated rings. The van der Waals surface area contributed by atoms with E-state index in [9.17, 15) is 13.5 Å². The lowest BCUT2D eigenvalue weighted by Gasteiger charge is -2.37.